The van der Waals surface area contributed by atoms with E-state index in [1.807, 2.05) is 24.3 Å². The van der Waals surface area contributed by atoms with E-state index in [-0.39, 0.29) is 0 Å². The quantitative estimate of drug-likeness (QED) is 0.819. The minimum Gasteiger partial charge on any atom is -0.492 e. The summed E-state index contributed by atoms with van der Waals surface area (Å²) in [6, 6.07) is 8.51. The van der Waals surface area contributed by atoms with E-state index >= 15 is 0 Å². The predicted octanol–water partition coefficient (Wildman–Crippen LogP) is 2.99. The Morgan fingerprint density at radius 3 is 3.00 bits per heavy atom. The van der Waals surface area contributed by atoms with E-state index in [1.165, 1.54) is 12.8 Å². The zero-order valence-corrected chi connectivity index (χ0v) is 12.3. The van der Waals surface area contributed by atoms with Gasteiger partial charge in [-0.1, -0.05) is 22.0 Å². The molecule has 1 aromatic carbocycles. The molecule has 0 aromatic heterocycles. The molecule has 2 rings (SSSR count). The minimum atomic E-state index is 0.438. The summed E-state index contributed by atoms with van der Waals surface area (Å²) in [6.45, 7) is 1.58. The van der Waals surface area contributed by atoms with Crippen LogP contribution in [0.5, 0.6) is 5.75 Å². The van der Waals surface area contributed by atoms with E-state index < -0.39 is 0 Å². The van der Waals surface area contributed by atoms with Gasteiger partial charge < -0.3 is 14.8 Å². The molecule has 2 unspecified atom stereocenters. The van der Waals surface area contributed by atoms with Crippen LogP contribution in [0.25, 0.3) is 0 Å². The second-order valence-electron chi connectivity index (χ2n) is 4.63. The lowest BCUT2D eigenvalue weighted by molar-refractivity contribution is 0.107. The number of hydrogen-bond donors (Lipinski definition) is 1. The molecule has 1 aliphatic rings. The first-order chi connectivity index (χ1) is 8.78. The standard InChI is InChI=1S/C14H20BrNO2/c1-17-13-6-5-12(10-13)16-7-8-18-14-4-2-3-11(15)9-14/h2-4,9,12-13,16H,5-8,10H2,1H3. The van der Waals surface area contributed by atoms with Crippen molar-refractivity contribution in [3.63, 3.8) is 0 Å². The van der Waals surface area contributed by atoms with Gasteiger partial charge in [-0.25, -0.2) is 0 Å². The number of nitrogens with one attached hydrogen (secondary N) is 1. The van der Waals surface area contributed by atoms with Crippen LogP contribution in [0.15, 0.2) is 28.7 Å². The molecule has 4 heteroatoms. The molecule has 1 aromatic rings. The van der Waals surface area contributed by atoms with Crippen molar-refractivity contribution in [3.8, 4) is 5.75 Å². The average Bonchev–Trinajstić information content (AvgIpc) is 2.83. The fourth-order valence-corrected chi connectivity index (χ4v) is 2.71. The van der Waals surface area contributed by atoms with Gasteiger partial charge in [0.25, 0.3) is 0 Å². The third kappa shape index (κ3) is 4.26. The first-order valence-corrected chi connectivity index (χ1v) is 7.22. The van der Waals surface area contributed by atoms with Crippen molar-refractivity contribution in [2.45, 2.75) is 31.4 Å². The molecule has 3 nitrogen and oxygen atoms in total. The molecule has 0 aliphatic heterocycles. The lowest BCUT2D eigenvalue weighted by atomic mass is 10.2. The highest BCUT2D eigenvalue weighted by atomic mass is 79.9. The van der Waals surface area contributed by atoms with Crippen molar-refractivity contribution in [2.75, 3.05) is 20.3 Å². The molecule has 1 fully saturated rings. The molecule has 100 valence electrons. The van der Waals surface area contributed by atoms with Gasteiger partial charge in [-0.2, -0.15) is 0 Å². The summed E-state index contributed by atoms with van der Waals surface area (Å²) in [5, 5.41) is 3.51. The van der Waals surface area contributed by atoms with Gasteiger partial charge in [0.2, 0.25) is 0 Å². The van der Waals surface area contributed by atoms with Gasteiger partial charge in [0.1, 0.15) is 12.4 Å². The predicted molar refractivity (Wildman–Crippen MR) is 76.1 cm³/mol. The highest BCUT2D eigenvalue weighted by molar-refractivity contribution is 9.10. The zero-order valence-electron chi connectivity index (χ0n) is 10.7. The Kier molecular flexibility index (Phi) is 5.47. The van der Waals surface area contributed by atoms with Gasteiger partial charge in [0.05, 0.1) is 6.10 Å². The average molecular weight is 314 g/mol. The maximum atomic E-state index is 5.68. The van der Waals surface area contributed by atoms with E-state index in [2.05, 4.69) is 21.2 Å². The third-order valence-corrected chi connectivity index (χ3v) is 3.81. The second-order valence-corrected chi connectivity index (χ2v) is 5.54. The highest BCUT2D eigenvalue weighted by Crippen LogP contribution is 2.21. The van der Waals surface area contributed by atoms with Crippen LogP contribution in [0.4, 0.5) is 0 Å². The van der Waals surface area contributed by atoms with Crippen LogP contribution in [0.2, 0.25) is 0 Å². The first-order valence-electron chi connectivity index (χ1n) is 6.42. The molecule has 2 atom stereocenters. The summed E-state index contributed by atoms with van der Waals surface area (Å²) in [6.07, 6.45) is 3.93. The summed E-state index contributed by atoms with van der Waals surface area (Å²) >= 11 is 3.43. The Morgan fingerprint density at radius 2 is 2.28 bits per heavy atom. The van der Waals surface area contributed by atoms with Crippen molar-refractivity contribution in [1.82, 2.24) is 5.32 Å². The molecule has 0 heterocycles. The van der Waals surface area contributed by atoms with Crippen LogP contribution in [0.3, 0.4) is 0 Å². The normalized spacial score (nSPS) is 23.2. The van der Waals surface area contributed by atoms with Gasteiger partial charge in [0.15, 0.2) is 0 Å². The highest BCUT2D eigenvalue weighted by Gasteiger charge is 2.23. The summed E-state index contributed by atoms with van der Waals surface area (Å²) in [7, 11) is 1.80. The Bertz CT molecular complexity index is 373. The maximum absolute atomic E-state index is 5.68. The van der Waals surface area contributed by atoms with Crippen LogP contribution in [0, 0.1) is 0 Å². The van der Waals surface area contributed by atoms with Crippen molar-refractivity contribution in [1.29, 1.82) is 0 Å². The van der Waals surface area contributed by atoms with E-state index in [1.54, 1.807) is 7.11 Å². The molecule has 0 radical (unpaired) electrons. The van der Waals surface area contributed by atoms with E-state index in [9.17, 15) is 0 Å². The van der Waals surface area contributed by atoms with Gasteiger partial charge in [0, 0.05) is 24.2 Å². The largest absolute Gasteiger partial charge is 0.492 e. The maximum Gasteiger partial charge on any atom is 0.120 e. The fourth-order valence-electron chi connectivity index (χ4n) is 2.33. The number of methoxy groups -OCH3 is 1. The number of hydrogen-bond acceptors (Lipinski definition) is 3. The molecular weight excluding hydrogens is 294 g/mol. The third-order valence-electron chi connectivity index (χ3n) is 3.32. The smallest absolute Gasteiger partial charge is 0.120 e. The molecule has 18 heavy (non-hydrogen) atoms. The van der Waals surface area contributed by atoms with Crippen LogP contribution < -0.4 is 10.1 Å². The fraction of sp³-hybridized carbons (Fsp3) is 0.571. The number of ether oxygens (including phenoxy) is 2. The van der Waals surface area contributed by atoms with E-state index in [0.717, 1.165) is 23.2 Å². The van der Waals surface area contributed by atoms with Gasteiger partial charge in [-0.05, 0) is 37.5 Å². The topological polar surface area (TPSA) is 30.5 Å². The van der Waals surface area contributed by atoms with E-state index in [4.69, 9.17) is 9.47 Å². The van der Waals surface area contributed by atoms with Crippen LogP contribution in [0.1, 0.15) is 19.3 Å². The second kappa shape index (κ2) is 7.12. The zero-order chi connectivity index (χ0) is 12.8. The molecule has 0 bridgehead atoms. The SMILES string of the molecule is COC1CCC(NCCOc2cccc(Br)c2)C1. The van der Waals surface area contributed by atoms with Gasteiger partial charge in [-0.15, -0.1) is 0 Å². The first kappa shape index (κ1) is 13.8. The number of halogens is 1. The van der Waals surface area contributed by atoms with Crippen LogP contribution >= 0.6 is 15.9 Å². The van der Waals surface area contributed by atoms with Crippen LogP contribution in [-0.2, 0) is 4.74 Å². The number of rotatable bonds is 6. The Labute approximate surface area is 117 Å². The molecule has 1 saturated carbocycles. The van der Waals surface area contributed by atoms with Crippen molar-refractivity contribution < 1.29 is 9.47 Å². The minimum absolute atomic E-state index is 0.438. The van der Waals surface area contributed by atoms with Crippen LogP contribution in [-0.4, -0.2) is 32.4 Å². The Balaban J connectivity index is 1.62. The summed E-state index contributed by atoms with van der Waals surface area (Å²) in [5.74, 6) is 0.910. The van der Waals surface area contributed by atoms with Gasteiger partial charge in [-0.3, -0.25) is 0 Å². The van der Waals surface area contributed by atoms with Crippen molar-refractivity contribution >= 4 is 15.9 Å². The summed E-state index contributed by atoms with van der Waals surface area (Å²) < 4.78 is 12.1. The summed E-state index contributed by atoms with van der Waals surface area (Å²) in [5.41, 5.74) is 0. The van der Waals surface area contributed by atoms with Gasteiger partial charge >= 0.3 is 0 Å². The van der Waals surface area contributed by atoms with E-state index in [0.29, 0.717) is 18.8 Å². The molecular formula is C14H20BrNO2. The molecule has 1 N–H and O–H groups in total. The monoisotopic (exact) mass is 313 g/mol. The van der Waals surface area contributed by atoms with Crippen molar-refractivity contribution in [3.05, 3.63) is 28.7 Å². The Hall–Kier alpha value is -0.580. The lowest BCUT2D eigenvalue weighted by Gasteiger charge is -2.13. The summed E-state index contributed by atoms with van der Waals surface area (Å²) in [4.78, 5) is 0. The van der Waals surface area contributed by atoms with Crippen molar-refractivity contribution in [2.24, 2.45) is 0 Å². The number of benzene rings is 1. The Morgan fingerprint density at radius 1 is 1.39 bits per heavy atom. The molecule has 0 saturated heterocycles. The molecule has 0 spiro atoms. The molecule has 1 aliphatic carbocycles. The lowest BCUT2D eigenvalue weighted by Crippen LogP contribution is -2.31. The molecule has 0 amide bonds.